The minimum Gasteiger partial charge on any atom is -0.461 e. The van der Waals surface area contributed by atoms with Gasteiger partial charge in [0.05, 0.1) is 6.61 Å². The number of aromatic nitrogens is 1. The molecule has 3 nitrogen and oxygen atoms in total. The Bertz CT molecular complexity index is 570. The molecule has 0 fully saturated rings. The third-order valence-corrected chi connectivity index (χ3v) is 6.09. The number of nitrogens with zero attached hydrogens (tertiary/aromatic N) is 1. The van der Waals surface area contributed by atoms with Crippen LogP contribution in [0.3, 0.4) is 0 Å². The molecule has 0 aliphatic rings. The first-order valence-electron chi connectivity index (χ1n) is 13.4. The Morgan fingerprint density at radius 2 is 1.16 bits per heavy atom. The quantitative estimate of drug-likeness (QED) is 0.153. The highest BCUT2D eigenvalue weighted by atomic mass is 16.5. The summed E-state index contributed by atoms with van der Waals surface area (Å²) < 4.78 is 5.29. The fraction of sp³-hybridized carbons (Fsp3) is 0.786. The average molecular weight is 432 g/mol. The molecule has 1 aromatic heterocycles. The van der Waals surface area contributed by atoms with Crippen molar-refractivity contribution in [3.05, 3.63) is 29.1 Å². The zero-order valence-corrected chi connectivity index (χ0v) is 20.9. The summed E-state index contributed by atoms with van der Waals surface area (Å²) in [7, 11) is 0. The van der Waals surface area contributed by atoms with Crippen LogP contribution in [-0.2, 0) is 17.6 Å². The van der Waals surface area contributed by atoms with Gasteiger partial charge in [0.25, 0.3) is 0 Å². The Kier molecular flexibility index (Phi) is 17.2. The van der Waals surface area contributed by atoms with Gasteiger partial charge in [0.1, 0.15) is 0 Å². The lowest BCUT2D eigenvalue weighted by molar-refractivity contribution is 0.0517. The van der Waals surface area contributed by atoms with Crippen molar-refractivity contribution >= 4 is 5.97 Å². The summed E-state index contributed by atoms with van der Waals surface area (Å²) in [6, 6.07) is 4.25. The van der Waals surface area contributed by atoms with Gasteiger partial charge < -0.3 is 4.74 Å². The van der Waals surface area contributed by atoms with E-state index < -0.39 is 0 Å². The van der Waals surface area contributed by atoms with Crippen LogP contribution in [0, 0.1) is 0 Å². The number of esters is 1. The van der Waals surface area contributed by atoms with Crippen molar-refractivity contribution < 1.29 is 9.53 Å². The lowest BCUT2D eigenvalue weighted by atomic mass is 10.0. The van der Waals surface area contributed by atoms with Crippen molar-refractivity contribution in [2.24, 2.45) is 0 Å². The Morgan fingerprint density at radius 1 is 0.677 bits per heavy atom. The van der Waals surface area contributed by atoms with Crippen LogP contribution in [0.4, 0.5) is 0 Å². The minimum atomic E-state index is -0.255. The molecular formula is C28H49NO2. The lowest BCUT2D eigenvalue weighted by Crippen LogP contribution is -2.12. The van der Waals surface area contributed by atoms with E-state index in [1.165, 1.54) is 89.9 Å². The summed E-state index contributed by atoms with van der Waals surface area (Å²) in [5.74, 6) is -0.255. The standard InChI is InChI=1S/C28H49NO2/c1-4-7-9-11-13-15-17-19-21-25-23-24-26(29-27(25)28(30)31-6-3)22-20-18-16-14-12-10-8-5-2/h23-24H,4-22H2,1-3H3. The Balaban J connectivity index is 2.42. The third-order valence-electron chi connectivity index (χ3n) is 6.09. The average Bonchev–Trinajstić information content (AvgIpc) is 2.78. The van der Waals surface area contributed by atoms with Gasteiger partial charge in [0.15, 0.2) is 5.69 Å². The molecule has 0 N–H and O–H groups in total. The first kappa shape index (κ1) is 27.7. The molecule has 0 radical (unpaired) electrons. The molecule has 0 bridgehead atoms. The van der Waals surface area contributed by atoms with Gasteiger partial charge in [0.2, 0.25) is 0 Å². The Morgan fingerprint density at radius 3 is 1.68 bits per heavy atom. The molecular weight excluding hydrogens is 382 g/mol. The molecule has 0 aromatic carbocycles. The summed E-state index contributed by atoms with van der Waals surface area (Å²) in [6.07, 6.45) is 22.7. The second-order valence-corrected chi connectivity index (χ2v) is 8.98. The van der Waals surface area contributed by atoms with E-state index in [4.69, 9.17) is 9.72 Å². The molecule has 31 heavy (non-hydrogen) atoms. The smallest absolute Gasteiger partial charge is 0.357 e. The van der Waals surface area contributed by atoms with Gasteiger partial charge in [0, 0.05) is 5.69 Å². The van der Waals surface area contributed by atoms with Gasteiger partial charge in [-0.2, -0.15) is 0 Å². The minimum absolute atomic E-state index is 0.255. The molecule has 0 saturated heterocycles. The van der Waals surface area contributed by atoms with Gasteiger partial charge in [-0.3, -0.25) is 0 Å². The monoisotopic (exact) mass is 431 g/mol. The van der Waals surface area contributed by atoms with Crippen molar-refractivity contribution in [2.45, 2.75) is 136 Å². The number of hydrogen-bond donors (Lipinski definition) is 0. The van der Waals surface area contributed by atoms with Crippen LogP contribution in [0.2, 0.25) is 0 Å². The van der Waals surface area contributed by atoms with Crippen LogP contribution in [0.5, 0.6) is 0 Å². The predicted octanol–water partition coefficient (Wildman–Crippen LogP) is 8.62. The van der Waals surface area contributed by atoms with Crippen LogP contribution in [-0.4, -0.2) is 17.6 Å². The number of hydrogen-bond acceptors (Lipinski definition) is 3. The normalized spacial score (nSPS) is 11.1. The molecule has 0 amide bonds. The molecule has 0 aliphatic carbocycles. The van der Waals surface area contributed by atoms with E-state index in [2.05, 4.69) is 26.0 Å². The number of aryl methyl sites for hydroxylation is 2. The molecule has 3 heteroatoms. The number of ether oxygens (including phenoxy) is 1. The van der Waals surface area contributed by atoms with E-state index in [1.807, 2.05) is 6.92 Å². The maximum atomic E-state index is 12.5. The van der Waals surface area contributed by atoms with E-state index >= 15 is 0 Å². The van der Waals surface area contributed by atoms with Gasteiger partial charge in [-0.25, -0.2) is 9.78 Å². The second kappa shape index (κ2) is 19.3. The SMILES string of the molecule is CCCCCCCCCCc1ccc(CCCCCCCCCC)c(C(=O)OCC)n1. The molecule has 1 heterocycles. The first-order chi connectivity index (χ1) is 15.2. The van der Waals surface area contributed by atoms with Crippen LogP contribution in [0.1, 0.15) is 145 Å². The predicted molar refractivity (Wildman–Crippen MR) is 133 cm³/mol. The first-order valence-corrected chi connectivity index (χ1v) is 13.4. The van der Waals surface area contributed by atoms with Crippen molar-refractivity contribution in [3.8, 4) is 0 Å². The van der Waals surface area contributed by atoms with Crippen molar-refractivity contribution in [1.82, 2.24) is 4.98 Å². The summed E-state index contributed by atoms with van der Waals surface area (Å²) in [6.45, 7) is 6.79. The highest BCUT2D eigenvalue weighted by molar-refractivity contribution is 5.89. The molecule has 0 aliphatic heterocycles. The Hall–Kier alpha value is -1.38. The third kappa shape index (κ3) is 13.6. The maximum absolute atomic E-state index is 12.5. The molecule has 0 atom stereocenters. The van der Waals surface area contributed by atoms with Crippen molar-refractivity contribution in [2.75, 3.05) is 6.61 Å². The van der Waals surface area contributed by atoms with Gasteiger partial charge in [-0.1, -0.05) is 110 Å². The number of pyridine rings is 1. The summed E-state index contributed by atoms with van der Waals surface area (Å²) in [5.41, 5.74) is 2.65. The fourth-order valence-corrected chi connectivity index (χ4v) is 4.13. The summed E-state index contributed by atoms with van der Waals surface area (Å²) in [5, 5.41) is 0. The van der Waals surface area contributed by atoms with Gasteiger partial charge >= 0.3 is 5.97 Å². The lowest BCUT2D eigenvalue weighted by Gasteiger charge is -2.11. The molecule has 0 unspecified atom stereocenters. The largest absolute Gasteiger partial charge is 0.461 e. The molecule has 0 saturated carbocycles. The van der Waals surface area contributed by atoms with Gasteiger partial charge in [-0.15, -0.1) is 0 Å². The number of carbonyl (C=O) groups excluding carboxylic acids is 1. The number of unbranched alkanes of at least 4 members (excludes halogenated alkanes) is 14. The second-order valence-electron chi connectivity index (χ2n) is 8.98. The highest BCUT2D eigenvalue weighted by Gasteiger charge is 2.15. The summed E-state index contributed by atoms with van der Waals surface area (Å²) in [4.78, 5) is 17.2. The van der Waals surface area contributed by atoms with E-state index in [-0.39, 0.29) is 5.97 Å². The molecule has 0 spiro atoms. The van der Waals surface area contributed by atoms with Crippen LogP contribution < -0.4 is 0 Å². The molecule has 1 rings (SSSR count). The van der Waals surface area contributed by atoms with Gasteiger partial charge in [-0.05, 0) is 44.2 Å². The molecule has 1 aromatic rings. The van der Waals surface area contributed by atoms with E-state index in [9.17, 15) is 4.79 Å². The number of carbonyl (C=O) groups is 1. The molecule has 178 valence electrons. The fourth-order valence-electron chi connectivity index (χ4n) is 4.13. The van der Waals surface area contributed by atoms with Crippen molar-refractivity contribution in [3.63, 3.8) is 0 Å². The zero-order valence-electron chi connectivity index (χ0n) is 20.9. The van der Waals surface area contributed by atoms with Crippen LogP contribution in [0.25, 0.3) is 0 Å². The van der Waals surface area contributed by atoms with Crippen molar-refractivity contribution in [1.29, 1.82) is 0 Å². The number of rotatable bonds is 20. The van der Waals surface area contributed by atoms with E-state index in [0.29, 0.717) is 12.3 Å². The van der Waals surface area contributed by atoms with Crippen LogP contribution in [0.15, 0.2) is 12.1 Å². The summed E-state index contributed by atoms with van der Waals surface area (Å²) >= 11 is 0. The topological polar surface area (TPSA) is 39.2 Å². The van der Waals surface area contributed by atoms with E-state index in [1.54, 1.807) is 0 Å². The highest BCUT2D eigenvalue weighted by Crippen LogP contribution is 2.17. The van der Waals surface area contributed by atoms with E-state index in [0.717, 1.165) is 36.9 Å². The van der Waals surface area contributed by atoms with Crippen LogP contribution >= 0.6 is 0 Å². The zero-order chi connectivity index (χ0) is 22.6. The Labute approximate surface area is 192 Å². The maximum Gasteiger partial charge on any atom is 0.357 e.